The Kier molecular flexibility index (Phi) is 5.69. The molecule has 1 aromatic carbocycles. The molecule has 0 aliphatic carbocycles. The zero-order valence-corrected chi connectivity index (χ0v) is 12.3. The monoisotopic (exact) mass is 259 g/mol. The zero-order chi connectivity index (χ0) is 14.3. The van der Waals surface area contributed by atoms with Crippen molar-refractivity contribution >= 4 is 11.4 Å². The maximum Gasteiger partial charge on any atom is 0.0992 e. The van der Waals surface area contributed by atoms with Crippen LogP contribution >= 0.6 is 0 Å². The van der Waals surface area contributed by atoms with E-state index in [0.717, 1.165) is 12.2 Å². The summed E-state index contributed by atoms with van der Waals surface area (Å²) in [5.41, 5.74) is 8.36. The van der Waals surface area contributed by atoms with E-state index in [2.05, 4.69) is 32.2 Å². The van der Waals surface area contributed by atoms with Crippen LogP contribution in [-0.2, 0) is 0 Å². The molecule has 0 saturated carbocycles. The molecule has 0 aliphatic heterocycles. The number of rotatable bonds is 7. The van der Waals surface area contributed by atoms with Crippen LogP contribution in [0.3, 0.4) is 0 Å². The molecule has 1 rings (SSSR count). The van der Waals surface area contributed by atoms with E-state index < -0.39 is 0 Å². The largest absolute Gasteiger partial charge is 0.397 e. The van der Waals surface area contributed by atoms with Gasteiger partial charge in [0.1, 0.15) is 0 Å². The van der Waals surface area contributed by atoms with E-state index in [0.29, 0.717) is 11.3 Å². The van der Waals surface area contributed by atoms with Gasteiger partial charge in [0.25, 0.3) is 0 Å². The fourth-order valence-corrected chi connectivity index (χ4v) is 2.07. The summed E-state index contributed by atoms with van der Waals surface area (Å²) in [6, 6.07) is 7.49. The molecule has 0 fully saturated rings. The molecule has 0 heterocycles. The average molecular weight is 259 g/mol. The van der Waals surface area contributed by atoms with E-state index >= 15 is 0 Å². The quantitative estimate of drug-likeness (QED) is 0.571. The fraction of sp³-hybridized carbons (Fsp3) is 0.562. The van der Waals surface area contributed by atoms with Crippen molar-refractivity contribution < 1.29 is 0 Å². The highest BCUT2D eigenvalue weighted by molar-refractivity contribution is 5.68. The number of unbranched alkanes of at least 4 members (excludes halogenated alkanes) is 2. The first-order chi connectivity index (χ1) is 8.98. The number of nitrogen functional groups attached to an aromatic ring is 1. The molecule has 0 radical (unpaired) electrons. The Hall–Kier alpha value is -1.69. The molecule has 0 spiro atoms. The summed E-state index contributed by atoms with van der Waals surface area (Å²) in [5.74, 6) is 0. The van der Waals surface area contributed by atoms with E-state index in [4.69, 9.17) is 11.0 Å². The Labute approximate surface area is 116 Å². The number of nitrogens with one attached hydrogen (secondary N) is 1. The lowest BCUT2D eigenvalue weighted by Gasteiger charge is -2.26. The van der Waals surface area contributed by atoms with Gasteiger partial charge in [-0.15, -0.1) is 0 Å². The van der Waals surface area contributed by atoms with Gasteiger partial charge in [-0.3, -0.25) is 0 Å². The minimum Gasteiger partial charge on any atom is -0.397 e. The summed E-state index contributed by atoms with van der Waals surface area (Å²) in [6.45, 7) is 7.67. The van der Waals surface area contributed by atoms with Gasteiger partial charge in [0.15, 0.2) is 0 Å². The lowest BCUT2D eigenvalue weighted by molar-refractivity contribution is 0.342. The number of hydrogen-bond acceptors (Lipinski definition) is 3. The molecular formula is C16H25N3. The lowest BCUT2D eigenvalue weighted by atomic mass is 9.87. The summed E-state index contributed by atoms with van der Waals surface area (Å²) in [4.78, 5) is 0. The molecule has 0 amide bonds. The molecular weight excluding hydrogens is 234 g/mol. The first-order valence-electron chi connectivity index (χ1n) is 7.02. The van der Waals surface area contributed by atoms with Crippen molar-refractivity contribution in [2.24, 2.45) is 5.41 Å². The molecule has 0 saturated heterocycles. The van der Waals surface area contributed by atoms with Gasteiger partial charge in [-0.25, -0.2) is 0 Å². The molecule has 0 bridgehead atoms. The van der Waals surface area contributed by atoms with Gasteiger partial charge >= 0.3 is 0 Å². The molecule has 0 aliphatic rings. The van der Waals surface area contributed by atoms with Gasteiger partial charge < -0.3 is 11.1 Å². The van der Waals surface area contributed by atoms with Crippen LogP contribution in [0.1, 0.15) is 52.0 Å². The van der Waals surface area contributed by atoms with Crippen LogP contribution in [0.2, 0.25) is 0 Å². The number of anilines is 2. The minimum atomic E-state index is 0.259. The van der Waals surface area contributed by atoms with Crippen molar-refractivity contribution in [3.8, 4) is 6.07 Å². The van der Waals surface area contributed by atoms with Gasteiger partial charge in [0.2, 0.25) is 0 Å². The lowest BCUT2D eigenvalue weighted by Crippen LogP contribution is -2.23. The topological polar surface area (TPSA) is 61.8 Å². The van der Waals surface area contributed by atoms with Crippen LogP contribution in [-0.4, -0.2) is 6.54 Å². The Morgan fingerprint density at radius 1 is 1.32 bits per heavy atom. The van der Waals surface area contributed by atoms with Crippen LogP contribution < -0.4 is 11.1 Å². The third-order valence-corrected chi connectivity index (χ3v) is 3.40. The van der Waals surface area contributed by atoms with E-state index in [1.807, 2.05) is 6.07 Å². The molecule has 19 heavy (non-hydrogen) atoms. The summed E-state index contributed by atoms with van der Waals surface area (Å²) >= 11 is 0. The number of benzene rings is 1. The van der Waals surface area contributed by atoms with Crippen molar-refractivity contribution in [3.05, 3.63) is 23.8 Å². The number of nitrogens with zero attached hydrogens (tertiary/aromatic N) is 1. The van der Waals surface area contributed by atoms with E-state index in [1.54, 1.807) is 12.1 Å². The molecule has 3 nitrogen and oxygen atoms in total. The Morgan fingerprint density at radius 3 is 2.63 bits per heavy atom. The number of nitrogens with two attached hydrogens (primary N) is 1. The maximum atomic E-state index is 8.81. The predicted octanol–water partition coefficient (Wildman–Crippen LogP) is 4.16. The zero-order valence-electron chi connectivity index (χ0n) is 12.3. The summed E-state index contributed by atoms with van der Waals surface area (Å²) in [5, 5.41) is 12.2. The number of nitriles is 1. The van der Waals surface area contributed by atoms with Crippen molar-refractivity contribution in [2.45, 2.75) is 46.5 Å². The average Bonchev–Trinajstić information content (AvgIpc) is 2.37. The maximum absolute atomic E-state index is 8.81. The molecule has 3 heteroatoms. The van der Waals surface area contributed by atoms with Crippen molar-refractivity contribution in [1.82, 2.24) is 0 Å². The smallest absolute Gasteiger partial charge is 0.0992 e. The van der Waals surface area contributed by atoms with E-state index in [1.165, 1.54) is 25.7 Å². The van der Waals surface area contributed by atoms with Gasteiger partial charge in [-0.05, 0) is 30.0 Å². The Balaban J connectivity index is 2.54. The Bertz CT molecular complexity index is 444. The van der Waals surface area contributed by atoms with E-state index in [9.17, 15) is 0 Å². The fourth-order valence-electron chi connectivity index (χ4n) is 2.07. The SMILES string of the molecule is CCCCCC(C)(C)CNc1ccc(C#N)cc1N. The van der Waals surface area contributed by atoms with Gasteiger partial charge in [-0.2, -0.15) is 5.26 Å². The second kappa shape index (κ2) is 7.04. The molecule has 0 unspecified atom stereocenters. The molecule has 0 atom stereocenters. The number of hydrogen-bond donors (Lipinski definition) is 2. The van der Waals surface area contributed by atoms with Crippen LogP contribution in [0.5, 0.6) is 0 Å². The first-order valence-corrected chi connectivity index (χ1v) is 7.02. The summed E-state index contributed by atoms with van der Waals surface area (Å²) in [7, 11) is 0. The highest BCUT2D eigenvalue weighted by atomic mass is 14.9. The molecule has 3 N–H and O–H groups in total. The van der Waals surface area contributed by atoms with Crippen molar-refractivity contribution in [3.63, 3.8) is 0 Å². The van der Waals surface area contributed by atoms with Crippen LogP contribution in [0.15, 0.2) is 18.2 Å². The third kappa shape index (κ3) is 5.21. The highest BCUT2D eigenvalue weighted by Gasteiger charge is 2.17. The summed E-state index contributed by atoms with van der Waals surface area (Å²) < 4.78 is 0. The van der Waals surface area contributed by atoms with Crippen molar-refractivity contribution in [2.75, 3.05) is 17.6 Å². The summed E-state index contributed by atoms with van der Waals surface area (Å²) in [6.07, 6.45) is 5.03. The first kappa shape index (κ1) is 15.4. The highest BCUT2D eigenvalue weighted by Crippen LogP contribution is 2.26. The van der Waals surface area contributed by atoms with Gasteiger partial charge in [0, 0.05) is 6.54 Å². The molecule has 0 aromatic heterocycles. The molecule has 1 aromatic rings. The standard InChI is InChI=1S/C16H25N3/c1-4-5-6-9-16(2,3)12-19-15-8-7-13(11-17)10-14(15)18/h7-8,10,19H,4-6,9,12,18H2,1-3H3. The van der Waals surface area contributed by atoms with Crippen LogP contribution in [0.4, 0.5) is 11.4 Å². The van der Waals surface area contributed by atoms with Gasteiger partial charge in [-0.1, -0.05) is 40.0 Å². The normalized spacial score (nSPS) is 11.1. The Morgan fingerprint density at radius 2 is 2.05 bits per heavy atom. The van der Waals surface area contributed by atoms with Crippen LogP contribution in [0, 0.1) is 16.7 Å². The second-order valence-corrected chi connectivity index (χ2v) is 5.89. The predicted molar refractivity (Wildman–Crippen MR) is 82.0 cm³/mol. The van der Waals surface area contributed by atoms with Crippen LogP contribution in [0.25, 0.3) is 0 Å². The van der Waals surface area contributed by atoms with E-state index in [-0.39, 0.29) is 5.41 Å². The molecule has 104 valence electrons. The van der Waals surface area contributed by atoms with Gasteiger partial charge in [0.05, 0.1) is 23.0 Å². The second-order valence-electron chi connectivity index (χ2n) is 5.89. The minimum absolute atomic E-state index is 0.259. The van der Waals surface area contributed by atoms with Crippen molar-refractivity contribution in [1.29, 1.82) is 5.26 Å². The third-order valence-electron chi connectivity index (χ3n) is 3.40.